The van der Waals surface area contributed by atoms with Gasteiger partial charge in [-0.2, -0.15) is 0 Å². The molecule has 2 aromatic rings. The van der Waals surface area contributed by atoms with Gasteiger partial charge in [0.1, 0.15) is 0 Å². The summed E-state index contributed by atoms with van der Waals surface area (Å²) in [5.41, 5.74) is 2.05. The molecule has 6 nitrogen and oxygen atoms in total. The zero-order chi connectivity index (χ0) is 16.6. The molecule has 1 aliphatic heterocycles. The molecular formula is C16H21N5OS. The number of hydrogen-bond donors (Lipinski definition) is 0. The molecule has 1 aromatic heterocycles. The first-order chi connectivity index (χ1) is 10.9. The van der Waals surface area contributed by atoms with Crippen LogP contribution in [-0.4, -0.2) is 37.9 Å². The minimum atomic E-state index is -0.242. The average Bonchev–Trinajstić information content (AvgIpc) is 3.12. The Morgan fingerprint density at radius 2 is 2.04 bits per heavy atom. The Morgan fingerprint density at radius 3 is 2.78 bits per heavy atom. The van der Waals surface area contributed by atoms with Crippen molar-refractivity contribution in [2.24, 2.45) is 0 Å². The maximum Gasteiger partial charge on any atom is 0.240 e. The van der Waals surface area contributed by atoms with Crippen molar-refractivity contribution in [2.45, 2.75) is 50.1 Å². The number of carbonyl (C=O) groups excluding carboxylic acids is 1. The number of benzene rings is 1. The van der Waals surface area contributed by atoms with Crippen LogP contribution >= 0.6 is 11.8 Å². The number of nitrogens with zero attached hydrogens (tertiary/aromatic N) is 5. The SMILES string of the molecule is CC(Sc1nnnn1C(C)(C)C)C(=O)N1CCc2ccccc21. The highest BCUT2D eigenvalue weighted by atomic mass is 32.2. The molecule has 1 atom stereocenters. The van der Waals surface area contributed by atoms with Crippen LogP contribution in [-0.2, 0) is 16.8 Å². The highest BCUT2D eigenvalue weighted by Gasteiger charge is 2.30. The van der Waals surface area contributed by atoms with Crippen molar-refractivity contribution in [1.82, 2.24) is 20.2 Å². The maximum atomic E-state index is 12.8. The molecule has 2 heterocycles. The largest absolute Gasteiger partial charge is 0.311 e. The smallest absolute Gasteiger partial charge is 0.240 e. The number of carbonyl (C=O) groups is 1. The summed E-state index contributed by atoms with van der Waals surface area (Å²) < 4.78 is 1.76. The Bertz CT molecular complexity index is 721. The summed E-state index contributed by atoms with van der Waals surface area (Å²) in [6.45, 7) is 8.77. The Hall–Kier alpha value is -1.89. The number of para-hydroxylation sites is 1. The van der Waals surface area contributed by atoms with Gasteiger partial charge in [-0.15, -0.1) is 5.10 Å². The van der Waals surface area contributed by atoms with Crippen molar-refractivity contribution < 1.29 is 4.79 Å². The van der Waals surface area contributed by atoms with Crippen LogP contribution in [0.2, 0.25) is 0 Å². The fourth-order valence-electron chi connectivity index (χ4n) is 2.67. The minimum Gasteiger partial charge on any atom is -0.311 e. The van der Waals surface area contributed by atoms with E-state index >= 15 is 0 Å². The van der Waals surface area contributed by atoms with Crippen molar-refractivity contribution in [3.63, 3.8) is 0 Å². The summed E-state index contributed by atoms with van der Waals surface area (Å²) in [4.78, 5) is 14.7. The molecule has 7 heteroatoms. The molecule has 0 N–H and O–H groups in total. The standard InChI is InChI=1S/C16H21N5OS/c1-11(23-15-17-18-19-21(15)16(2,3)4)14(22)20-10-9-12-7-5-6-8-13(12)20/h5-8,11H,9-10H2,1-4H3. The summed E-state index contributed by atoms with van der Waals surface area (Å²) in [5, 5.41) is 12.3. The predicted molar refractivity (Wildman–Crippen MR) is 90.6 cm³/mol. The Kier molecular flexibility index (Phi) is 4.14. The molecule has 23 heavy (non-hydrogen) atoms. The van der Waals surface area contributed by atoms with Gasteiger partial charge < -0.3 is 4.90 Å². The second kappa shape index (κ2) is 5.96. The topological polar surface area (TPSA) is 63.9 Å². The zero-order valence-electron chi connectivity index (χ0n) is 13.9. The normalized spacial score (nSPS) is 15.6. The van der Waals surface area contributed by atoms with Gasteiger partial charge in [-0.25, -0.2) is 4.68 Å². The average molecular weight is 331 g/mol. The van der Waals surface area contributed by atoms with Crippen LogP contribution < -0.4 is 4.90 Å². The van der Waals surface area contributed by atoms with Crippen LogP contribution in [0.15, 0.2) is 29.4 Å². The summed E-state index contributed by atoms with van der Waals surface area (Å²) in [7, 11) is 0. The quantitative estimate of drug-likeness (QED) is 0.809. The lowest BCUT2D eigenvalue weighted by atomic mass is 10.1. The van der Waals surface area contributed by atoms with E-state index in [9.17, 15) is 4.79 Å². The van der Waals surface area contributed by atoms with Gasteiger partial charge in [0.05, 0.1) is 10.8 Å². The molecule has 0 saturated carbocycles. The number of rotatable bonds is 3. The molecule has 1 amide bonds. The molecule has 3 rings (SSSR count). The van der Waals surface area contributed by atoms with Gasteiger partial charge in [-0.3, -0.25) is 4.79 Å². The summed E-state index contributed by atoms with van der Waals surface area (Å²) in [6, 6.07) is 8.09. The lowest BCUT2D eigenvalue weighted by Crippen LogP contribution is -2.35. The number of tetrazole rings is 1. The Morgan fingerprint density at radius 1 is 1.30 bits per heavy atom. The molecule has 1 aliphatic rings. The maximum absolute atomic E-state index is 12.8. The predicted octanol–water partition coefficient (Wildman–Crippen LogP) is 2.50. The number of fused-ring (bicyclic) bond motifs is 1. The fourth-order valence-corrected chi connectivity index (χ4v) is 3.71. The summed E-state index contributed by atoms with van der Waals surface area (Å²) in [6.07, 6.45) is 0.916. The lowest BCUT2D eigenvalue weighted by Gasteiger charge is -2.23. The van der Waals surface area contributed by atoms with Crippen molar-refractivity contribution in [3.05, 3.63) is 29.8 Å². The molecule has 0 radical (unpaired) electrons. The van der Waals surface area contributed by atoms with Crippen LogP contribution in [0.4, 0.5) is 5.69 Å². The van der Waals surface area contributed by atoms with Gasteiger partial charge in [-0.1, -0.05) is 30.0 Å². The van der Waals surface area contributed by atoms with Gasteiger partial charge in [-0.05, 0) is 56.2 Å². The van der Waals surface area contributed by atoms with Crippen LogP contribution in [0.5, 0.6) is 0 Å². The number of hydrogen-bond acceptors (Lipinski definition) is 5. The van der Waals surface area contributed by atoms with Crippen LogP contribution in [0.25, 0.3) is 0 Å². The molecule has 0 fully saturated rings. The third-order valence-electron chi connectivity index (χ3n) is 3.86. The summed E-state index contributed by atoms with van der Waals surface area (Å²) in [5.74, 6) is 0.100. The Balaban J connectivity index is 1.76. The highest BCUT2D eigenvalue weighted by Crippen LogP contribution is 2.31. The fraction of sp³-hybridized carbons (Fsp3) is 0.500. The Labute approximate surface area is 140 Å². The zero-order valence-corrected chi connectivity index (χ0v) is 14.7. The van der Waals surface area contributed by atoms with Crippen LogP contribution in [0.1, 0.15) is 33.3 Å². The molecule has 0 saturated heterocycles. The van der Waals surface area contributed by atoms with E-state index in [1.165, 1.54) is 17.3 Å². The van der Waals surface area contributed by atoms with E-state index in [0.29, 0.717) is 5.16 Å². The third-order valence-corrected chi connectivity index (χ3v) is 4.88. The molecule has 0 bridgehead atoms. The second-order valence-corrected chi connectivity index (χ2v) is 7.98. The first-order valence-electron chi connectivity index (χ1n) is 7.73. The van der Waals surface area contributed by atoms with Gasteiger partial charge >= 0.3 is 0 Å². The van der Waals surface area contributed by atoms with Gasteiger partial charge in [0, 0.05) is 12.2 Å². The molecule has 1 unspecified atom stereocenters. The lowest BCUT2D eigenvalue weighted by molar-refractivity contribution is -0.117. The van der Waals surface area contributed by atoms with Crippen molar-refractivity contribution >= 4 is 23.4 Å². The van der Waals surface area contributed by atoms with E-state index < -0.39 is 0 Å². The van der Waals surface area contributed by atoms with Crippen LogP contribution in [0.3, 0.4) is 0 Å². The van der Waals surface area contributed by atoms with Crippen molar-refractivity contribution in [3.8, 4) is 0 Å². The van der Waals surface area contributed by atoms with E-state index in [2.05, 4.69) is 21.6 Å². The van der Waals surface area contributed by atoms with E-state index in [0.717, 1.165) is 18.7 Å². The first-order valence-corrected chi connectivity index (χ1v) is 8.60. The molecule has 1 aromatic carbocycles. The van der Waals surface area contributed by atoms with E-state index in [4.69, 9.17) is 0 Å². The summed E-state index contributed by atoms with van der Waals surface area (Å²) >= 11 is 1.41. The van der Waals surface area contributed by atoms with Crippen molar-refractivity contribution in [2.75, 3.05) is 11.4 Å². The highest BCUT2D eigenvalue weighted by molar-refractivity contribution is 8.00. The molecule has 0 aliphatic carbocycles. The number of anilines is 1. The van der Waals surface area contributed by atoms with Crippen LogP contribution in [0, 0.1) is 0 Å². The van der Waals surface area contributed by atoms with E-state index in [1.54, 1.807) is 4.68 Å². The van der Waals surface area contributed by atoms with Crippen molar-refractivity contribution in [1.29, 1.82) is 0 Å². The number of aromatic nitrogens is 4. The molecule has 0 spiro atoms. The van der Waals surface area contributed by atoms with E-state index in [1.807, 2.05) is 50.8 Å². The molecular weight excluding hydrogens is 310 g/mol. The van der Waals surface area contributed by atoms with Gasteiger partial charge in [0.25, 0.3) is 0 Å². The monoisotopic (exact) mass is 331 g/mol. The van der Waals surface area contributed by atoms with E-state index in [-0.39, 0.29) is 16.7 Å². The van der Waals surface area contributed by atoms with Gasteiger partial charge in [0.2, 0.25) is 11.1 Å². The third kappa shape index (κ3) is 3.10. The molecule has 122 valence electrons. The van der Waals surface area contributed by atoms with Gasteiger partial charge in [0.15, 0.2) is 0 Å². The minimum absolute atomic E-state index is 0.100. The number of thioether (sulfide) groups is 1. The first kappa shape index (κ1) is 16.0. The second-order valence-electron chi connectivity index (χ2n) is 6.67. The number of amides is 1.